The molecule has 0 heterocycles. The minimum Gasteiger partial charge on any atom is -0.489 e. The Kier molecular flexibility index (Phi) is 7.30. The smallest absolute Gasteiger partial charge is 0.338 e. The number of anilines is 1. The highest BCUT2D eigenvalue weighted by molar-refractivity contribution is 9.10. The fourth-order valence-electron chi connectivity index (χ4n) is 2.93. The van der Waals surface area contributed by atoms with Crippen molar-refractivity contribution < 1.29 is 14.3 Å². The third-order valence-electron chi connectivity index (χ3n) is 4.38. The van der Waals surface area contributed by atoms with Gasteiger partial charge in [0, 0.05) is 22.3 Å². The van der Waals surface area contributed by atoms with Crippen molar-refractivity contribution in [3.63, 3.8) is 0 Å². The van der Waals surface area contributed by atoms with Crippen LogP contribution in [0.2, 0.25) is 0 Å². The quantitative estimate of drug-likeness (QED) is 0.417. The summed E-state index contributed by atoms with van der Waals surface area (Å²) in [5.41, 5.74) is 4.86. The van der Waals surface area contributed by atoms with Crippen LogP contribution in [-0.2, 0) is 17.9 Å². The predicted molar refractivity (Wildman–Crippen MR) is 119 cm³/mol. The summed E-state index contributed by atoms with van der Waals surface area (Å²) in [5, 5.41) is 3.38. The van der Waals surface area contributed by atoms with Crippen LogP contribution < -0.4 is 10.1 Å². The molecule has 3 aromatic rings. The molecule has 0 saturated heterocycles. The van der Waals surface area contributed by atoms with Crippen LogP contribution >= 0.6 is 15.9 Å². The maximum absolute atomic E-state index is 11.8. The highest BCUT2D eigenvalue weighted by Crippen LogP contribution is 2.25. The molecule has 0 unspecified atom stereocenters. The number of hydrogen-bond acceptors (Lipinski definition) is 4. The number of hydrogen-bond donors (Lipinski definition) is 1. The highest BCUT2D eigenvalue weighted by Gasteiger charge is 2.08. The minimum absolute atomic E-state index is 0.308. The van der Waals surface area contributed by atoms with Crippen molar-refractivity contribution in [2.45, 2.75) is 27.0 Å². The van der Waals surface area contributed by atoms with Crippen LogP contribution in [0.3, 0.4) is 0 Å². The van der Waals surface area contributed by atoms with E-state index in [4.69, 9.17) is 9.47 Å². The van der Waals surface area contributed by atoms with E-state index < -0.39 is 0 Å². The van der Waals surface area contributed by atoms with Gasteiger partial charge in [0.25, 0.3) is 0 Å². The minimum atomic E-state index is -0.308. The number of ether oxygens (including phenoxy) is 2. The van der Waals surface area contributed by atoms with E-state index in [1.807, 2.05) is 36.4 Å². The Balaban J connectivity index is 1.65. The van der Waals surface area contributed by atoms with Crippen molar-refractivity contribution in [3.05, 3.63) is 93.5 Å². The molecule has 0 amide bonds. The lowest BCUT2D eigenvalue weighted by molar-refractivity contribution is 0.0526. The number of esters is 1. The predicted octanol–water partition coefficient (Wildman–Crippen LogP) is 6.13. The summed E-state index contributed by atoms with van der Waals surface area (Å²) in [6, 6.07) is 21.6. The Morgan fingerprint density at radius 3 is 2.55 bits per heavy atom. The molecule has 150 valence electrons. The van der Waals surface area contributed by atoms with Gasteiger partial charge in [-0.3, -0.25) is 0 Å². The molecule has 0 atom stereocenters. The zero-order chi connectivity index (χ0) is 20.6. The first-order valence-corrected chi connectivity index (χ1v) is 10.3. The monoisotopic (exact) mass is 453 g/mol. The summed E-state index contributed by atoms with van der Waals surface area (Å²) in [6.45, 7) is 5.36. The molecule has 1 N–H and O–H groups in total. The van der Waals surface area contributed by atoms with E-state index in [0.717, 1.165) is 27.0 Å². The molecule has 0 aliphatic carbocycles. The molecular formula is C24H24BrNO3. The number of benzene rings is 3. The van der Waals surface area contributed by atoms with Gasteiger partial charge in [-0.1, -0.05) is 45.8 Å². The van der Waals surface area contributed by atoms with Gasteiger partial charge in [0.2, 0.25) is 0 Å². The first kappa shape index (κ1) is 20.9. The van der Waals surface area contributed by atoms with Crippen molar-refractivity contribution >= 4 is 27.6 Å². The van der Waals surface area contributed by atoms with Crippen molar-refractivity contribution in [2.75, 3.05) is 11.9 Å². The Hall–Kier alpha value is -2.79. The van der Waals surface area contributed by atoms with Gasteiger partial charge in [-0.2, -0.15) is 0 Å². The van der Waals surface area contributed by atoms with Gasteiger partial charge < -0.3 is 14.8 Å². The Morgan fingerprint density at radius 1 is 1.03 bits per heavy atom. The number of halogens is 1. The lowest BCUT2D eigenvalue weighted by Crippen LogP contribution is -2.06. The Labute approximate surface area is 180 Å². The van der Waals surface area contributed by atoms with Crippen molar-refractivity contribution in [1.29, 1.82) is 0 Å². The Morgan fingerprint density at radius 2 is 1.83 bits per heavy atom. The van der Waals surface area contributed by atoms with Crippen LogP contribution in [0.25, 0.3) is 0 Å². The molecule has 29 heavy (non-hydrogen) atoms. The normalized spacial score (nSPS) is 10.4. The highest BCUT2D eigenvalue weighted by atomic mass is 79.9. The van der Waals surface area contributed by atoms with Gasteiger partial charge >= 0.3 is 5.97 Å². The van der Waals surface area contributed by atoms with Gasteiger partial charge in [-0.05, 0) is 61.9 Å². The number of nitrogens with one attached hydrogen (secondary N) is 1. The molecule has 0 aliphatic rings. The third kappa shape index (κ3) is 6.09. The number of aryl methyl sites for hydroxylation is 1. The summed E-state index contributed by atoms with van der Waals surface area (Å²) in [6.07, 6.45) is 0. The van der Waals surface area contributed by atoms with E-state index in [-0.39, 0.29) is 5.97 Å². The van der Waals surface area contributed by atoms with Crippen molar-refractivity contribution in [2.24, 2.45) is 0 Å². The van der Waals surface area contributed by atoms with Crippen LogP contribution in [0.15, 0.2) is 71.2 Å². The van der Waals surface area contributed by atoms with Crippen LogP contribution in [0.5, 0.6) is 5.75 Å². The van der Waals surface area contributed by atoms with E-state index in [1.165, 1.54) is 5.56 Å². The first-order chi connectivity index (χ1) is 14.0. The van der Waals surface area contributed by atoms with E-state index in [0.29, 0.717) is 25.3 Å². The van der Waals surface area contributed by atoms with Crippen molar-refractivity contribution in [1.82, 2.24) is 0 Å². The zero-order valence-corrected chi connectivity index (χ0v) is 18.2. The second-order valence-corrected chi connectivity index (χ2v) is 7.60. The molecule has 0 fully saturated rings. The average molecular weight is 454 g/mol. The first-order valence-electron chi connectivity index (χ1n) is 9.53. The summed E-state index contributed by atoms with van der Waals surface area (Å²) in [7, 11) is 0. The fraction of sp³-hybridized carbons (Fsp3) is 0.208. The molecule has 3 aromatic carbocycles. The number of carbonyl (C=O) groups excluding carboxylic acids is 1. The van der Waals surface area contributed by atoms with Crippen LogP contribution in [0.4, 0.5) is 5.69 Å². The standard InChI is InChI=1S/C24H24BrNO3/c1-3-28-24(27)19-7-10-22(11-8-19)26-15-20-14-21(25)9-12-23(20)29-16-18-6-4-5-17(2)13-18/h4-14,26H,3,15-16H2,1-2H3. The molecule has 0 aromatic heterocycles. The third-order valence-corrected chi connectivity index (χ3v) is 4.87. The second-order valence-electron chi connectivity index (χ2n) is 6.68. The van der Waals surface area contributed by atoms with Gasteiger partial charge in [0.15, 0.2) is 0 Å². The molecule has 3 rings (SSSR count). The van der Waals surface area contributed by atoms with Gasteiger partial charge in [-0.15, -0.1) is 0 Å². The van der Waals surface area contributed by atoms with Crippen LogP contribution in [-0.4, -0.2) is 12.6 Å². The molecule has 0 aliphatic heterocycles. The molecular weight excluding hydrogens is 430 g/mol. The molecule has 0 radical (unpaired) electrons. The van der Waals surface area contributed by atoms with Crippen LogP contribution in [0.1, 0.15) is 34.0 Å². The lowest BCUT2D eigenvalue weighted by atomic mass is 10.1. The topological polar surface area (TPSA) is 47.6 Å². The maximum Gasteiger partial charge on any atom is 0.338 e. The fourth-order valence-corrected chi connectivity index (χ4v) is 3.33. The lowest BCUT2D eigenvalue weighted by Gasteiger charge is -2.14. The summed E-state index contributed by atoms with van der Waals surface area (Å²) in [5.74, 6) is 0.531. The second kappa shape index (κ2) is 10.1. The van der Waals surface area contributed by atoms with Gasteiger partial charge in [0.1, 0.15) is 12.4 Å². The van der Waals surface area contributed by atoms with E-state index in [1.54, 1.807) is 19.1 Å². The van der Waals surface area contributed by atoms with Gasteiger partial charge in [-0.25, -0.2) is 4.79 Å². The van der Waals surface area contributed by atoms with Crippen LogP contribution in [0, 0.1) is 6.92 Å². The summed E-state index contributed by atoms with van der Waals surface area (Å²) < 4.78 is 12.1. The van der Waals surface area contributed by atoms with Gasteiger partial charge in [0.05, 0.1) is 12.2 Å². The largest absolute Gasteiger partial charge is 0.489 e. The summed E-state index contributed by atoms with van der Waals surface area (Å²) >= 11 is 3.53. The molecule has 0 bridgehead atoms. The van der Waals surface area contributed by atoms with E-state index in [2.05, 4.69) is 46.4 Å². The van der Waals surface area contributed by atoms with E-state index >= 15 is 0 Å². The molecule has 4 nitrogen and oxygen atoms in total. The SMILES string of the molecule is CCOC(=O)c1ccc(NCc2cc(Br)ccc2OCc2cccc(C)c2)cc1. The Bertz CT molecular complexity index is 970. The van der Waals surface area contributed by atoms with E-state index in [9.17, 15) is 4.79 Å². The summed E-state index contributed by atoms with van der Waals surface area (Å²) in [4.78, 5) is 11.8. The van der Waals surface area contributed by atoms with Crippen molar-refractivity contribution in [3.8, 4) is 5.75 Å². The molecule has 5 heteroatoms. The number of rotatable bonds is 8. The average Bonchev–Trinajstić information content (AvgIpc) is 2.72. The molecule has 0 spiro atoms. The zero-order valence-electron chi connectivity index (χ0n) is 16.6. The maximum atomic E-state index is 11.8. The number of carbonyl (C=O) groups is 1. The molecule has 0 saturated carbocycles.